The van der Waals surface area contributed by atoms with Crippen LogP contribution in [0.3, 0.4) is 0 Å². The van der Waals surface area contributed by atoms with E-state index >= 15 is 0 Å². The van der Waals surface area contributed by atoms with Crippen molar-refractivity contribution in [1.82, 2.24) is 0 Å². The average molecular weight is 447 g/mol. The van der Waals surface area contributed by atoms with Gasteiger partial charge < -0.3 is 5.11 Å². The quantitative estimate of drug-likeness (QED) is 0.262. The summed E-state index contributed by atoms with van der Waals surface area (Å²) in [5.74, 6) is 0.288. The second-order valence-corrected chi connectivity index (χ2v) is 9.11. The third-order valence-electron chi connectivity index (χ3n) is 7.10. The molecular weight excluding hydrogens is 424 g/mol. The first-order valence-electron chi connectivity index (χ1n) is 11.9. The Kier molecular flexibility index (Phi) is 4.37. The van der Waals surface area contributed by atoms with Gasteiger partial charge in [-0.05, 0) is 83.5 Å². The summed E-state index contributed by atoms with van der Waals surface area (Å²) in [6.45, 7) is 0. The van der Waals surface area contributed by atoms with Gasteiger partial charge in [-0.3, -0.25) is 0 Å². The highest BCUT2D eigenvalue weighted by atomic mass is 16.3. The van der Waals surface area contributed by atoms with Crippen LogP contribution in [-0.4, -0.2) is 5.11 Å². The normalized spacial score (nSPS) is 11.5. The van der Waals surface area contributed by atoms with Crippen LogP contribution in [0, 0.1) is 0 Å². The molecular formula is C34H22O. The Hall–Kier alpha value is -4.62. The number of phenols is 1. The standard InChI is InChI=1S/C34H22O/c35-26-19-18-22-16-17-24(20-25(22)21-26)33-29-11-3-5-13-31(29)34(32-14-6-4-12-30(32)33)28-15-7-9-23-8-1-2-10-27(23)28/h1-21,35H. The minimum absolute atomic E-state index is 0.288. The molecule has 35 heavy (non-hydrogen) atoms. The smallest absolute Gasteiger partial charge is 0.116 e. The first kappa shape index (κ1) is 19.8. The van der Waals surface area contributed by atoms with Gasteiger partial charge in [0.15, 0.2) is 0 Å². The highest BCUT2D eigenvalue weighted by Gasteiger charge is 2.17. The Morgan fingerprint density at radius 2 is 0.943 bits per heavy atom. The molecule has 1 nitrogen and oxygen atoms in total. The van der Waals surface area contributed by atoms with Crippen molar-refractivity contribution in [2.45, 2.75) is 0 Å². The molecule has 0 aromatic heterocycles. The number of hydrogen-bond acceptors (Lipinski definition) is 1. The summed E-state index contributed by atoms with van der Waals surface area (Å²) in [6.07, 6.45) is 0. The van der Waals surface area contributed by atoms with E-state index in [1.807, 2.05) is 12.1 Å². The van der Waals surface area contributed by atoms with Crippen LogP contribution in [0.15, 0.2) is 127 Å². The molecule has 0 heterocycles. The number of aromatic hydroxyl groups is 1. The Morgan fingerprint density at radius 1 is 0.371 bits per heavy atom. The SMILES string of the molecule is Oc1ccc2ccc(-c3c4ccccc4c(-c4cccc5ccccc45)c4ccccc34)cc2c1. The fraction of sp³-hybridized carbons (Fsp3) is 0. The van der Waals surface area contributed by atoms with E-state index in [2.05, 4.69) is 109 Å². The van der Waals surface area contributed by atoms with Crippen molar-refractivity contribution in [2.75, 3.05) is 0 Å². The molecule has 0 aliphatic rings. The van der Waals surface area contributed by atoms with Gasteiger partial charge >= 0.3 is 0 Å². The maximum absolute atomic E-state index is 10.1. The van der Waals surface area contributed by atoms with Gasteiger partial charge in [0.1, 0.15) is 5.75 Å². The van der Waals surface area contributed by atoms with Crippen molar-refractivity contribution in [1.29, 1.82) is 0 Å². The lowest BCUT2D eigenvalue weighted by Gasteiger charge is -2.19. The zero-order chi connectivity index (χ0) is 23.4. The molecule has 0 aliphatic carbocycles. The number of fused-ring (bicyclic) bond motifs is 4. The molecule has 7 aromatic carbocycles. The summed E-state index contributed by atoms with van der Waals surface area (Å²) in [5, 5.41) is 19.7. The van der Waals surface area contributed by atoms with Gasteiger partial charge in [0.05, 0.1) is 0 Å². The topological polar surface area (TPSA) is 20.2 Å². The van der Waals surface area contributed by atoms with Crippen LogP contribution >= 0.6 is 0 Å². The van der Waals surface area contributed by atoms with E-state index in [0.717, 1.165) is 16.3 Å². The summed E-state index contributed by atoms with van der Waals surface area (Å²) in [5.41, 5.74) is 4.91. The van der Waals surface area contributed by atoms with Gasteiger partial charge in [-0.25, -0.2) is 0 Å². The Morgan fingerprint density at radius 3 is 1.66 bits per heavy atom. The molecule has 0 fully saturated rings. The highest BCUT2D eigenvalue weighted by Crippen LogP contribution is 2.45. The molecule has 0 spiro atoms. The summed E-state index contributed by atoms with van der Waals surface area (Å²) in [7, 11) is 0. The summed E-state index contributed by atoms with van der Waals surface area (Å²) >= 11 is 0. The number of hydrogen-bond donors (Lipinski definition) is 1. The number of phenolic OH excluding ortho intramolecular Hbond substituents is 1. The van der Waals surface area contributed by atoms with Crippen molar-refractivity contribution in [3.8, 4) is 28.0 Å². The summed E-state index contributed by atoms with van der Waals surface area (Å²) in [4.78, 5) is 0. The van der Waals surface area contributed by atoms with Crippen LogP contribution in [0.25, 0.3) is 65.3 Å². The molecule has 7 aromatic rings. The molecule has 0 bridgehead atoms. The molecule has 1 N–H and O–H groups in total. The lowest BCUT2D eigenvalue weighted by atomic mass is 9.84. The molecule has 0 atom stereocenters. The molecule has 1 heteroatoms. The fourth-order valence-electron chi connectivity index (χ4n) is 5.56. The van der Waals surface area contributed by atoms with E-state index in [1.54, 1.807) is 6.07 Å². The van der Waals surface area contributed by atoms with Crippen LogP contribution in [0.5, 0.6) is 5.75 Å². The first-order valence-corrected chi connectivity index (χ1v) is 11.9. The zero-order valence-corrected chi connectivity index (χ0v) is 19.1. The second-order valence-electron chi connectivity index (χ2n) is 9.11. The van der Waals surface area contributed by atoms with Crippen LogP contribution in [0.2, 0.25) is 0 Å². The third kappa shape index (κ3) is 3.09. The van der Waals surface area contributed by atoms with Crippen LogP contribution in [-0.2, 0) is 0 Å². The van der Waals surface area contributed by atoms with Gasteiger partial charge in [0.25, 0.3) is 0 Å². The van der Waals surface area contributed by atoms with Crippen molar-refractivity contribution in [3.05, 3.63) is 127 Å². The lowest BCUT2D eigenvalue weighted by molar-refractivity contribution is 0.476. The molecule has 0 amide bonds. The summed E-state index contributed by atoms with van der Waals surface area (Å²) in [6, 6.07) is 44.8. The van der Waals surface area contributed by atoms with Gasteiger partial charge in [-0.2, -0.15) is 0 Å². The molecule has 7 rings (SSSR count). The monoisotopic (exact) mass is 446 g/mol. The minimum atomic E-state index is 0.288. The average Bonchev–Trinajstić information content (AvgIpc) is 2.91. The Bertz CT molecular complexity index is 1850. The van der Waals surface area contributed by atoms with Crippen LogP contribution < -0.4 is 0 Å². The van der Waals surface area contributed by atoms with Crippen molar-refractivity contribution in [2.24, 2.45) is 0 Å². The Labute approximate surface area is 203 Å². The Balaban J connectivity index is 1.64. The zero-order valence-electron chi connectivity index (χ0n) is 19.1. The number of benzene rings is 7. The molecule has 0 aliphatic heterocycles. The van der Waals surface area contributed by atoms with Crippen molar-refractivity contribution < 1.29 is 5.11 Å². The molecule has 0 saturated heterocycles. The highest BCUT2D eigenvalue weighted by molar-refractivity contribution is 6.23. The van der Waals surface area contributed by atoms with Crippen molar-refractivity contribution >= 4 is 43.1 Å². The summed E-state index contributed by atoms with van der Waals surface area (Å²) < 4.78 is 0. The second kappa shape index (κ2) is 7.72. The van der Waals surface area contributed by atoms with Gasteiger partial charge in [0, 0.05) is 0 Å². The number of rotatable bonds is 2. The maximum Gasteiger partial charge on any atom is 0.116 e. The molecule has 0 radical (unpaired) electrons. The van der Waals surface area contributed by atoms with E-state index < -0.39 is 0 Å². The van der Waals surface area contributed by atoms with E-state index in [0.29, 0.717) is 0 Å². The molecule has 164 valence electrons. The molecule has 0 unspecified atom stereocenters. The minimum Gasteiger partial charge on any atom is -0.508 e. The maximum atomic E-state index is 10.1. The predicted molar refractivity (Wildman–Crippen MR) is 149 cm³/mol. The van der Waals surface area contributed by atoms with Gasteiger partial charge in [0.2, 0.25) is 0 Å². The van der Waals surface area contributed by atoms with Crippen molar-refractivity contribution in [3.63, 3.8) is 0 Å². The predicted octanol–water partition coefficient (Wildman–Crippen LogP) is 9.34. The fourth-order valence-corrected chi connectivity index (χ4v) is 5.56. The molecule has 0 saturated carbocycles. The largest absolute Gasteiger partial charge is 0.508 e. The van der Waals surface area contributed by atoms with Crippen LogP contribution in [0.4, 0.5) is 0 Å². The lowest BCUT2D eigenvalue weighted by Crippen LogP contribution is -1.91. The van der Waals surface area contributed by atoms with Crippen LogP contribution in [0.1, 0.15) is 0 Å². The van der Waals surface area contributed by atoms with Gasteiger partial charge in [-0.15, -0.1) is 0 Å². The van der Waals surface area contributed by atoms with E-state index in [9.17, 15) is 5.11 Å². The van der Waals surface area contributed by atoms with E-state index in [1.165, 1.54) is 49.0 Å². The first-order chi connectivity index (χ1) is 17.3. The van der Waals surface area contributed by atoms with E-state index in [-0.39, 0.29) is 5.75 Å². The van der Waals surface area contributed by atoms with E-state index in [4.69, 9.17) is 0 Å². The van der Waals surface area contributed by atoms with Gasteiger partial charge in [-0.1, -0.05) is 109 Å². The third-order valence-corrected chi connectivity index (χ3v) is 7.10.